The van der Waals surface area contributed by atoms with E-state index in [1.54, 1.807) is 19.1 Å². The van der Waals surface area contributed by atoms with Gasteiger partial charge in [-0.3, -0.25) is 4.79 Å². The van der Waals surface area contributed by atoms with Crippen LogP contribution in [0.4, 0.5) is 8.78 Å². The second-order valence-electron chi connectivity index (χ2n) is 5.97. The molecule has 1 atom stereocenters. The number of rotatable bonds is 4. The van der Waals surface area contributed by atoms with Gasteiger partial charge in [0, 0.05) is 15.7 Å². The molecule has 0 spiro atoms. The number of benzene rings is 2. The number of carbonyl (C=O) groups is 1. The van der Waals surface area contributed by atoms with Crippen molar-refractivity contribution < 1.29 is 18.7 Å². The van der Waals surface area contributed by atoms with Crippen molar-refractivity contribution in [2.75, 3.05) is 0 Å². The summed E-state index contributed by atoms with van der Waals surface area (Å²) in [5.74, 6) is -1.72. The Labute approximate surface area is 163 Å². The minimum Gasteiger partial charge on any atom is -0.508 e. The third-order valence-corrected chi connectivity index (χ3v) is 4.39. The van der Waals surface area contributed by atoms with Gasteiger partial charge in [-0.1, -0.05) is 28.1 Å². The third-order valence-electron chi connectivity index (χ3n) is 3.93. The van der Waals surface area contributed by atoms with E-state index in [0.29, 0.717) is 15.7 Å². The van der Waals surface area contributed by atoms with Gasteiger partial charge in [0.15, 0.2) is 0 Å². The highest BCUT2D eigenvalue weighted by molar-refractivity contribution is 9.10. The van der Waals surface area contributed by atoms with Crippen molar-refractivity contribution in [3.05, 3.63) is 93.2 Å². The maximum Gasteiger partial charge on any atom is 0.270 e. The molecule has 2 aromatic carbocycles. The number of halogens is 3. The fourth-order valence-electron chi connectivity index (χ4n) is 2.70. The minimum atomic E-state index is -0.894. The SMILES string of the molecule is Cc1cc(Br)cc(C(=O)NC(c2ccc(F)cc2)c2cc(F)ccc2O)n1. The second kappa shape index (κ2) is 7.84. The zero-order valence-electron chi connectivity index (χ0n) is 14.2. The summed E-state index contributed by atoms with van der Waals surface area (Å²) in [5.41, 5.74) is 1.44. The number of carbonyl (C=O) groups excluding carboxylic acids is 1. The summed E-state index contributed by atoms with van der Waals surface area (Å²) in [6.07, 6.45) is 0. The van der Waals surface area contributed by atoms with Crippen LogP contribution in [0.3, 0.4) is 0 Å². The molecule has 7 heteroatoms. The molecule has 1 aromatic heterocycles. The Morgan fingerprint density at radius 1 is 1.07 bits per heavy atom. The molecule has 138 valence electrons. The molecule has 0 aliphatic rings. The molecule has 2 N–H and O–H groups in total. The Morgan fingerprint density at radius 2 is 1.74 bits per heavy atom. The van der Waals surface area contributed by atoms with Gasteiger partial charge in [0.25, 0.3) is 5.91 Å². The van der Waals surface area contributed by atoms with Crippen LogP contribution in [0, 0.1) is 18.6 Å². The zero-order chi connectivity index (χ0) is 19.6. The maximum atomic E-state index is 13.8. The number of amides is 1. The molecule has 0 fully saturated rings. The van der Waals surface area contributed by atoms with Crippen LogP contribution in [-0.2, 0) is 0 Å². The zero-order valence-corrected chi connectivity index (χ0v) is 15.8. The number of nitrogens with one attached hydrogen (secondary N) is 1. The highest BCUT2D eigenvalue weighted by Gasteiger charge is 2.22. The summed E-state index contributed by atoms with van der Waals surface area (Å²) in [5, 5.41) is 12.9. The summed E-state index contributed by atoms with van der Waals surface area (Å²) in [7, 11) is 0. The first-order valence-electron chi connectivity index (χ1n) is 8.02. The smallest absolute Gasteiger partial charge is 0.270 e. The van der Waals surface area contributed by atoms with E-state index in [4.69, 9.17) is 0 Å². The van der Waals surface area contributed by atoms with E-state index in [1.165, 1.54) is 30.3 Å². The Balaban J connectivity index is 2.03. The quantitative estimate of drug-likeness (QED) is 0.630. The molecule has 3 rings (SSSR count). The van der Waals surface area contributed by atoms with Gasteiger partial charge in [-0.2, -0.15) is 0 Å². The number of nitrogens with zero attached hydrogens (tertiary/aromatic N) is 1. The largest absolute Gasteiger partial charge is 0.508 e. The average Bonchev–Trinajstić information content (AvgIpc) is 2.62. The van der Waals surface area contributed by atoms with Crippen LogP contribution in [-0.4, -0.2) is 16.0 Å². The van der Waals surface area contributed by atoms with Crippen molar-refractivity contribution >= 4 is 21.8 Å². The molecular formula is C20H15BrF2N2O2. The topological polar surface area (TPSA) is 62.2 Å². The van der Waals surface area contributed by atoms with Crippen LogP contribution in [0.1, 0.15) is 33.4 Å². The normalized spacial score (nSPS) is 11.9. The van der Waals surface area contributed by atoms with Gasteiger partial charge >= 0.3 is 0 Å². The molecule has 1 amide bonds. The molecular weight excluding hydrogens is 418 g/mol. The van der Waals surface area contributed by atoms with Crippen molar-refractivity contribution in [3.8, 4) is 5.75 Å². The number of phenols is 1. The Bertz CT molecular complexity index is 974. The van der Waals surface area contributed by atoms with E-state index in [1.807, 2.05) is 0 Å². The number of phenolic OH excluding ortho intramolecular Hbond substituents is 1. The van der Waals surface area contributed by atoms with Crippen molar-refractivity contribution in [3.63, 3.8) is 0 Å². The third kappa shape index (κ3) is 4.49. The van der Waals surface area contributed by atoms with Crippen LogP contribution >= 0.6 is 15.9 Å². The van der Waals surface area contributed by atoms with Gasteiger partial charge < -0.3 is 10.4 Å². The van der Waals surface area contributed by atoms with Crippen LogP contribution in [0.2, 0.25) is 0 Å². The summed E-state index contributed by atoms with van der Waals surface area (Å²) in [6.45, 7) is 1.75. The number of aryl methyl sites for hydroxylation is 1. The molecule has 0 radical (unpaired) electrons. The van der Waals surface area contributed by atoms with Crippen LogP contribution in [0.15, 0.2) is 59.1 Å². The number of aromatic hydroxyl groups is 1. The average molecular weight is 433 g/mol. The fourth-order valence-corrected chi connectivity index (χ4v) is 3.25. The van der Waals surface area contributed by atoms with Crippen molar-refractivity contribution in [2.45, 2.75) is 13.0 Å². The number of hydrogen-bond donors (Lipinski definition) is 2. The van der Waals surface area contributed by atoms with Gasteiger partial charge in [-0.15, -0.1) is 0 Å². The monoisotopic (exact) mass is 432 g/mol. The summed E-state index contributed by atoms with van der Waals surface area (Å²) in [6, 6.07) is 11.2. The molecule has 0 aliphatic carbocycles. The lowest BCUT2D eigenvalue weighted by Gasteiger charge is -2.21. The first-order valence-corrected chi connectivity index (χ1v) is 8.82. The molecule has 0 bridgehead atoms. The molecule has 0 aliphatic heterocycles. The molecule has 0 saturated carbocycles. The van der Waals surface area contributed by atoms with Gasteiger partial charge in [-0.05, 0) is 55.0 Å². The van der Waals surface area contributed by atoms with Crippen molar-refractivity contribution in [1.29, 1.82) is 0 Å². The van der Waals surface area contributed by atoms with E-state index < -0.39 is 23.6 Å². The highest BCUT2D eigenvalue weighted by Crippen LogP contribution is 2.30. The van der Waals surface area contributed by atoms with Gasteiger partial charge in [0.05, 0.1) is 6.04 Å². The number of hydrogen-bond acceptors (Lipinski definition) is 3. The van der Waals surface area contributed by atoms with Gasteiger partial charge in [-0.25, -0.2) is 13.8 Å². The maximum absolute atomic E-state index is 13.8. The predicted octanol–water partition coefficient (Wildman–Crippen LogP) is 4.66. The first-order chi connectivity index (χ1) is 12.8. The Hall–Kier alpha value is -2.80. The summed E-state index contributed by atoms with van der Waals surface area (Å²) < 4.78 is 27.7. The highest BCUT2D eigenvalue weighted by atomic mass is 79.9. The van der Waals surface area contributed by atoms with Gasteiger partial charge in [0.1, 0.15) is 23.1 Å². The lowest BCUT2D eigenvalue weighted by atomic mass is 9.97. The number of pyridine rings is 1. The van der Waals surface area contributed by atoms with Crippen LogP contribution < -0.4 is 5.32 Å². The Morgan fingerprint density at radius 3 is 2.41 bits per heavy atom. The molecule has 0 saturated heterocycles. The van der Waals surface area contributed by atoms with Crippen LogP contribution in [0.5, 0.6) is 5.75 Å². The minimum absolute atomic E-state index is 0.154. The van der Waals surface area contributed by atoms with E-state index >= 15 is 0 Å². The lowest BCUT2D eigenvalue weighted by Crippen LogP contribution is -2.30. The van der Waals surface area contributed by atoms with E-state index in [-0.39, 0.29) is 17.0 Å². The van der Waals surface area contributed by atoms with E-state index in [9.17, 15) is 18.7 Å². The van der Waals surface area contributed by atoms with E-state index in [2.05, 4.69) is 26.2 Å². The predicted molar refractivity (Wildman–Crippen MR) is 100 cm³/mol. The lowest BCUT2D eigenvalue weighted by molar-refractivity contribution is 0.0937. The van der Waals surface area contributed by atoms with Crippen molar-refractivity contribution in [2.24, 2.45) is 0 Å². The molecule has 27 heavy (non-hydrogen) atoms. The molecule has 4 nitrogen and oxygen atoms in total. The molecule has 3 aromatic rings. The summed E-state index contributed by atoms with van der Waals surface area (Å²) in [4.78, 5) is 16.9. The fraction of sp³-hybridized carbons (Fsp3) is 0.100. The van der Waals surface area contributed by atoms with E-state index in [0.717, 1.165) is 12.1 Å². The standard InChI is InChI=1S/C20H15BrF2N2O2/c1-11-8-13(21)9-17(24-11)20(27)25-19(12-2-4-14(22)5-3-12)16-10-15(23)6-7-18(16)26/h2-10,19,26H,1H3,(H,25,27). The van der Waals surface area contributed by atoms with Gasteiger partial charge in [0.2, 0.25) is 0 Å². The number of aromatic nitrogens is 1. The first kappa shape index (κ1) is 19.0. The Kier molecular flexibility index (Phi) is 5.51. The second-order valence-corrected chi connectivity index (χ2v) is 6.89. The molecule has 1 heterocycles. The van der Waals surface area contributed by atoms with Crippen LogP contribution in [0.25, 0.3) is 0 Å². The van der Waals surface area contributed by atoms with Crippen molar-refractivity contribution in [1.82, 2.24) is 10.3 Å². The summed E-state index contributed by atoms with van der Waals surface area (Å²) >= 11 is 3.32. The molecule has 1 unspecified atom stereocenters.